The number of carbonyl (C=O) groups excluding carboxylic acids is 1. The summed E-state index contributed by atoms with van der Waals surface area (Å²) in [6, 6.07) is 13.1. The lowest BCUT2D eigenvalue weighted by atomic mass is 10.1. The molecule has 1 fully saturated rings. The molecular formula is C24H27BrN4O3. The van der Waals surface area contributed by atoms with Crippen LogP contribution in [0.15, 0.2) is 57.2 Å². The van der Waals surface area contributed by atoms with Gasteiger partial charge in [0.2, 0.25) is 5.88 Å². The average Bonchev–Trinajstić information content (AvgIpc) is 2.94. The van der Waals surface area contributed by atoms with E-state index in [0.29, 0.717) is 12.4 Å². The quantitative estimate of drug-likeness (QED) is 0.435. The number of carbonyl (C=O) groups is 1. The molecule has 2 heterocycles. The Morgan fingerprint density at radius 2 is 1.81 bits per heavy atom. The number of nitrogens with zero attached hydrogens (tertiary/aromatic N) is 4. The number of hydrogen-bond donors (Lipinski definition) is 1. The molecule has 1 aliphatic rings. The van der Waals surface area contributed by atoms with Gasteiger partial charge in [0.1, 0.15) is 5.75 Å². The molecule has 0 unspecified atom stereocenters. The molecule has 1 aromatic heterocycles. The lowest BCUT2D eigenvalue weighted by Gasteiger charge is -2.21. The molecule has 3 aromatic rings. The first-order valence-corrected chi connectivity index (χ1v) is 11.6. The number of benzene rings is 2. The Bertz CT molecular complexity index is 1120. The number of amides is 1. The van der Waals surface area contributed by atoms with Gasteiger partial charge >= 0.3 is 0 Å². The van der Waals surface area contributed by atoms with Crippen molar-refractivity contribution >= 4 is 38.4 Å². The highest BCUT2D eigenvalue weighted by Gasteiger charge is 2.20. The average molecular weight is 499 g/mol. The van der Waals surface area contributed by atoms with E-state index in [1.54, 1.807) is 19.2 Å². The van der Waals surface area contributed by atoms with Gasteiger partial charge in [-0.05, 0) is 61.8 Å². The minimum absolute atomic E-state index is 0.0309. The number of halogens is 1. The van der Waals surface area contributed by atoms with Crippen LogP contribution < -0.4 is 4.74 Å². The van der Waals surface area contributed by atoms with Crippen molar-refractivity contribution in [1.29, 1.82) is 0 Å². The first-order chi connectivity index (χ1) is 15.5. The van der Waals surface area contributed by atoms with E-state index in [1.165, 1.54) is 12.8 Å². The Hall–Kier alpha value is -2.71. The molecule has 32 heavy (non-hydrogen) atoms. The first kappa shape index (κ1) is 22.5. The fraction of sp³-hybridized carbons (Fsp3) is 0.375. The van der Waals surface area contributed by atoms with Crippen LogP contribution in [0.3, 0.4) is 0 Å². The van der Waals surface area contributed by atoms with Crippen LogP contribution in [-0.4, -0.2) is 40.7 Å². The SMILES string of the molecule is COc1ccc(CC(=O)N=Nc2c(O)n(CN3CCCCCC3)c3ccc(Br)cc23)cc1. The van der Waals surface area contributed by atoms with Gasteiger partial charge in [0.05, 0.1) is 25.7 Å². The molecule has 4 rings (SSSR count). The topological polar surface area (TPSA) is 79.4 Å². The third kappa shape index (κ3) is 5.19. The molecule has 0 spiro atoms. The van der Waals surface area contributed by atoms with E-state index in [2.05, 4.69) is 31.1 Å². The van der Waals surface area contributed by atoms with Crippen LogP contribution in [0.1, 0.15) is 31.2 Å². The van der Waals surface area contributed by atoms with Crippen molar-refractivity contribution in [1.82, 2.24) is 9.47 Å². The third-order valence-corrected chi connectivity index (χ3v) is 6.28. The standard InChI is InChI=1S/C24H27BrN4O3/c1-32-19-9-6-17(7-10-19)14-22(30)26-27-23-20-15-18(25)8-11-21(20)29(24(23)31)16-28-12-4-2-3-5-13-28/h6-11,15,31H,2-5,12-14,16H2,1H3. The summed E-state index contributed by atoms with van der Waals surface area (Å²) in [5.74, 6) is 0.386. The number of ether oxygens (including phenoxy) is 1. The summed E-state index contributed by atoms with van der Waals surface area (Å²) in [6.45, 7) is 2.60. The molecule has 0 saturated carbocycles. The molecule has 7 nitrogen and oxygen atoms in total. The van der Waals surface area contributed by atoms with Gasteiger partial charge in [-0.15, -0.1) is 10.2 Å². The van der Waals surface area contributed by atoms with Crippen molar-refractivity contribution in [2.75, 3.05) is 20.2 Å². The highest BCUT2D eigenvalue weighted by molar-refractivity contribution is 9.10. The van der Waals surface area contributed by atoms with Gasteiger partial charge in [0, 0.05) is 9.86 Å². The Labute approximate surface area is 195 Å². The summed E-state index contributed by atoms with van der Waals surface area (Å²) < 4.78 is 7.87. The lowest BCUT2D eigenvalue weighted by Crippen LogP contribution is -2.27. The largest absolute Gasteiger partial charge is 0.497 e. The molecule has 0 bridgehead atoms. The molecule has 1 amide bonds. The Balaban J connectivity index is 1.58. The van der Waals surface area contributed by atoms with E-state index in [-0.39, 0.29) is 18.2 Å². The molecule has 0 radical (unpaired) electrons. The number of rotatable bonds is 6. The fourth-order valence-electron chi connectivity index (χ4n) is 4.07. The van der Waals surface area contributed by atoms with E-state index in [4.69, 9.17) is 4.74 Å². The molecule has 2 aromatic carbocycles. The fourth-order valence-corrected chi connectivity index (χ4v) is 4.44. The zero-order chi connectivity index (χ0) is 22.5. The Kier molecular flexibility index (Phi) is 7.22. The van der Waals surface area contributed by atoms with Crippen molar-refractivity contribution < 1.29 is 14.6 Å². The summed E-state index contributed by atoms with van der Waals surface area (Å²) in [4.78, 5) is 14.8. The molecule has 168 valence electrons. The van der Waals surface area contributed by atoms with Crippen LogP contribution in [0.4, 0.5) is 5.69 Å². The normalized spacial score (nSPS) is 15.3. The monoisotopic (exact) mass is 498 g/mol. The first-order valence-electron chi connectivity index (χ1n) is 10.9. The predicted octanol–water partition coefficient (Wildman–Crippen LogP) is 5.80. The smallest absolute Gasteiger partial charge is 0.269 e. The van der Waals surface area contributed by atoms with Gasteiger partial charge < -0.3 is 9.84 Å². The number of aromatic hydroxyl groups is 1. The van der Waals surface area contributed by atoms with Crippen molar-refractivity contribution in [3.63, 3.8) is 0 Å². The van der Waals surface area contributed by atoms with Crippen LogP contribution in [0.2, 0.25) is 0 Å². The van der Waals surface area contributed by atoms with Gasteiger partial charge in [-0.1, -0.05) is 40.9 Å². The van der Waals surface area contributed by atoms with Crippen LogP contribution in [-0.2, 0) is 17.9 Å². The van der Waals surface area contributed by atoms with Crippen molar-refractivity contribution in [3.8, 4) is 11.6 Å². The maximum atomic E-state index is 12.4. The number of hydrogen-bond acceptors (Lipinski definition) is 5. The highest BCUT2D eigenvalue weighted by atomic mass is 79.9. The maximum absolute atomic E-state index is 12.4. The van der Waals surface area contributed by atoms with E-state index in [9.17, 15) is 9.90 Å². The van der Waals surface area contributed by atoms with Crippen LogP contribution in [0.5, 0.6) is 11.6 Å². The number of azo groups is 1. The zero-order valence-electron chi connectivity index (χ0n) is 18.1. The van der Waals surface area contributed by atoms with Crippen molar-refractivity contribution in [2.45, 2.75) is 38.8 Å². The second kappa shape index (κ2) is 10.3. The highest BCUT2D eigenvalue weighted by Crippen LogP contribution is 2.40. The van der Waals surface area contributed by atoms with Crippen molar-refractivity contribution in [2.24, 2.45) is 10.2 Å². The number of methoxy groups -OCH3 is 1. The van der Waals surface area contributed by atoms with E-state index in [1.807, 2.05) is 34.9 Å². The minimum atomic E-state index is -0.377. The second-order valence-corrected chi connectivity index (χ2v) is 8.97. The zero-order valence-corrected chi connectivity index (χ0v) is 19.7. The molecule has 1 N–H and O–H groups in total. The van der Waals surface area contributed by atoms with Gasteiger partial charge in [0.15, 0.2) is 5.69 Å². The summed E-state index contributed by atoms with van der Waals surface area (Å²) in [7, 11) is 1.60. The maximum Gasteiger partial charge on any atom is 0.269 e. The van der Waals surface area contributed by atoms with Crippen LogP contribution in [0.25, 0.3) is 10.9 Å². The summed E-state index contributed by atoms with van der Waals surface area (Å²) in [6.07, 6.45) is 4.95. The minimum Gasteiger partial charge on any atom is -0.497 e. The van der Waals surface area contributed by atoms with Crippen molar-refractivity contribution in [3.05, 3.63) is 52.5 Å². The van der Waals surface area contributed by atoms with E-state index < -0.39 is 0 Å². The van der Waals surface area contributed by atoms with Crippen LogP contribution in [0, 0.1) is 0 Å². The van der Waals surface area contributed by atoms with E-state index in [0.717, 1.165) is 52.6 Å². The van der Waals surface area contributed by atoms with Gasteiger partial charge in [-0.25, -0.2) is 0 Å². The predicted molar refractivity (Wildman–Crippen MR) is 128 cm³/mol. The molecule has 1 aliphatic heterocycles. The van der Waals surface area contributed by atoms with Gasteiger partial charge in [-0.2, -0.15) is 0 Å². The van der Waals surface area contributed by atoms with E-state index >= 15 is 0 Å². The van der Waals surface area contributed by atoms with Gasteiger partial charge in [-0.3, -0.25) is 14.3 Å². The number of likely N-dealkylation sites (tertiary alicyclic amines) is 1. The molecular weight excluding hydrogens is 472 g/mol. The summed E-state index contributed by atoms with van der Waals surface area (Å²) in [5, 5.41) is 19.8. The van der Waals surface area contributed by atoms with Crippen LogP contribution >= 0.6 is 15.9 Å². The molecule has 0 aliphatic carbocycles. The summed E-state index contributed by atoms with van der Waals surface area (Å²) >= 11 is 3.49. The summed E-state index contributed by atoms with van der Waals surface area (Å²) in [5.41, 5.74) is 2.01. The Morgan fingerprint density at radius 1 is 1.09 bits per heavy atom. The number of fused-ring (bicyclic) bond motifs is 1. The van der Waals surface area contributed by atoms with Gasteiger partial charge in [0.25, 0.3) is 5.91 Å². The second-order valence-electron chi connectivity index (χ2n) is 8.05. The molecule has 0 atom stereocenters. The Morgan fingerprint density at radius 3 is 2.50 bits per heavy atom. The third-order valence-electron chi connectivity index (χ3n) is 5.79. The molecule has 8 heteroatoms. The number of aromatic nitrogens is 1. The molecule has 1 saturated heterocycles. The lowest BCUT2D eigenvalue weighted by molar-refractivity contribution is -0.117.